The van der Waals surface area contributed by atoms with E-state index >= 15 is 0 Å². The van der Waals surface area contributed by atoms with Gasteiger partial charge in [-0.1, -0.05) is 15.9 Å². The van der Waals surface area contributed by atoms with Gasteiger partial charge in [-0.3, -0.25) is 4.79 Å². The van der Waals surface area contributed by atoms with Gasteiger partial charge in [0.15, 0.2) is 11.5 Å². The molecule has 22 heavy (non-hydrogen) atoms. The molecule has 1 aromatic carbocycles. The molecular formula is C15H19BrN2O4. The molecule has 0 spiro atoms. The average molecular weight is 371 g/mol. The largest absolute Gasteiger partial charge is 0.486 e. The second-order valence-electron chi connectivity index (χ2n) is 5.60. The molecule has 1 aromatic rings. The Labute approximate surface area is 137 Å². The highest BCUT2D eigenvalue weighted by Crippen LogP contribution is 2.37. The molecule has 0 saturated carbocycles. The first-order valence-corrected chi connectivity index (χ1v) is 8.14. The Hall–Kier alpha value is -1.31. The number of carbonyl (C=O) groups excluding carboxylic acids is 1. The van der Waals surface area contributed by atoms with E-state index in [-0.39, 0.29) is 18.0 Å². The van der Waals surface area contributed by atoms with E-state index in [0.717, 1.165) is 10.0 Å². The number of hydrogen-bond acceptors (Lipinski definition) is 5. The molecule has 120 valence electrons. The van der Waals surface area contributed by atoms with Crippen molar-refractivity contribution in [2.45, 2.75) is 31.5 Å². The molecule has 3 rings (SSSR count). The fourth-order valence-corrected chi connectivity index (χ4v) is 3.39. The van der Waals surface area contributed by atoms with Crippen LogP contribution in [0.5, 0.6) is 11.5 Å². The van der Waals surface area contributed by atoms with E-state index < -0.39 is 6.10 Å². The molecule has 7 heteroatoms. The molecule has 1 fully saturated rings. The van der Waals surface area contributed by atoms with Crippen molar-refractivity contribution >= 4 is 21.8 Å². The summed E-state index contributed by atoms with van der Waals surface area (Å²) >= 11 is 3.52. The fraction of sp³-hybridized carbons (Fsp3) is 0.533. The van der Waals surface area contributed by atoms with Crippen molar-refractivity contribution in [3.05, 3.63) is 22.2 Å². The van der Waals surface area contributed by atoms with Gasteiger partial charge in [0.25, 0.3) is 0 Å². The first-order valence-electron chi connectivity index (χ1n) is 7.35. The lowest BCUT2D eigenvalue weighted by Gasteiger charge is -2.23. The van der Waals surface area contributed by atoms with Crippen LogP contribution in [0.3, 0.4) is 0 Å². The molecule has 3 unspecified atom stereocenters. The van der Waals surface area contributed by atoms with Crippen LogP contribution in [0.1, 0.15) is 24.9 Å². The number of rotatable bonds is 3. The smallest absolute Gasteiger partial charge is 0.237 e. The molecule has 0 radical (unpaired) electrons. The summed E-state index contributed by atoms with van der Waals surface area (Å²) < 4.78 is 12.0. The lowest BCUT2D eigenvalue weighted by Crippen LogP contribution is -2.41. The SMILES string of the molecule is CC(NC(=O)C1CC(O)CN1)c1cc2c(cc1Br)OCCO2. The summed E-state index contributed by atoms with van der Waals surface area (Å²) in [5.74, 6) is 1.30. The summed E-state index contributed by atoms with van der Waals surface area (Å²) in [5, 5.41) is 15.5. The third-order valence-electron chi connectivity index (χ3n) is 3.91. The maximum Gasteiger partial charge on any atom is 0.237 e. The predicted octanol–water partition coefficient (Wildman–Crippen LogP) is 1.12. The highest BCUT2D eigenvalue weighted by Gasteiger charge is 2.29. The molecule has 6 nitrogen and oxygen atoms in total. The summed E-state index contributed by atoms with van der Waals surface area (Å²) in [6, 6.07) is 3.23. The predicted molar refractivity (Wildman–Crippen MR) is 84.1 cm³/mol. The minimum atomic E-state index is -0.452. The van der Waals surface area contributed by atoms with Gasteiger partial charge in [-0.2, -0.15) is 0 Å². The molecule has 2 heterocycles. The van der Waals surface area contributed by atoms with Gasteiger partial charge in [0.2, 0.25) is 5.91 Å². The number of fused-ring (bicyclic) bond motifs is 1. The second-order valence-corrected chi connectivity index (χ2v) is 6.45. The van der Waals surface area contributed by atoms with E-state index in [1.165, 1.54) is 0 Å². The zero-order chi connectivity index (χ0) is 15.7. The van der Waals surface area contributed by atoms with Gasteiger partial charge in [-0.25, -0.2) is 0 Å². The van der Waals surface area contributed by atoms with Crippen LogP contribution in [0.4, 0.5) is 0 Å². The lowest BCUT2D eigenvalue weighted by molar-refractivity contribution is -0.123. The Morgan fingerprint density at radius 1 is 1.41 bits per heavy atom. The van der Waals surface area contributed by atoms with Gasteiger partial charge in [0.1, 0.15) is 13.2 Å². The lowest BCUT2D eigenvalue weighted by atomic mass is 10.1. The van der Waals surface area contributed by atoms with E-state index in [1.54, 1.807) is 0 Å². The normalized spacial score (nSPS) is 24.9. The minimum absolute atomic E-state index is 0.106. The topological polar surface area (TPSA) is 79.8 Å². The molecule has 3 N–H and O–H groups in total. The maximum absolute atomic E-state index is 12.2. The van der Waals surface area contributed by atoms with Crippen molar-refractivity contribution in [3.8, 4) is 11.5 Å². The molecule has 0 aliphatic carbocycles. The standard InChI is InChI=1S/C15H19BrN2O4/c1-8(18-15(20)12-4-9(19)7-17-12)10-5-13-14(6-11(10)16)22-3-2-21-13/h5-6,8-9,12,17,19H,2-4,7H2,1H3,(H,18,20). The number of benzene rings is 1. The Morgan fingerprint density at radius 3 is 2.73 bits per heavy atom. The third kappa shape index (κ3) is 3.21. The van der Waals surface area contributed by atoms with Crippen LogP contribution in [0.2, 0.25) is 0 Å². The molecule has 1 saturated heterocycles. The van der Waals surface area contributed by atoms with E-state index in [2.05, 4.69) is 26.6 Å². The fourth-order valence-electron chi connectivity index (χ4n) is 2.72. The first kappa shape index (κ1) is 15.6. The molecule has 1 amide bonds. The summed E-state index contributed by atoms with van der Waals surface area (Å²) in [4.78, 5) is 12.2. The van der Waals surface area contributed by atoms with E-state index in [9.17, 15) is 9.90 Å². The minimum Gasteiger partial charge on any atom is -0.486 e. The highest BCUT2D eigenvalue weighted by molar-refractivity contribution is 9.10. The molecule has 3 atom stereocenters. The molecule has 2 aliphatic heterocycles. The number of halogens is 1. The quantitative estimate of drug-likeness (QED) is 0.742. The molecule has 0 bridgehead atoms. The van der Waals surface area contributed by atoms with Crippen molar-refractivity contribution in [1.29, 1.82) is 0 Å². The Bertz CT molecular complexity index is 581. The molecule has 2 aliphatic rings. The number of carbonyl (C=O) groups is 1. The first-order chi connectivity index (χ1) is 10.5. The van der Waals surface area contributed by atoms with Crippen LogP contribution in [0.15, 0.2) is 16.6 Å². The van der Waals surface area contributed by atoms with Crippen LogP contribution in [0.25, 0.3) is 0 Å². The number of β-amino-alcohol motifs (C(OH)–C–C–N with tert-alkyl or cyclic N) is 1. The van der Waals surface area contributed by atoms with Crippen molar-refractivity contribution in [3.63, 3.8) is 0 Å². The van der Waals surface area contributed by atoms with Gasteiger partial charge in [0.05, 0.1) is 18.2 Å². The highest BCUT2D eigenvalue weighted by atomic mass is 79.9. The van der Waals surface area contributed by atoms with Crippen LogP contribution in [-0.2, 0) is 4.79 Å². The van der Waals surface area contributed by atoms with E-state index in [0.29, 0.717) is 37.7 Å². The molecular weight excluding hydrogens is 352 g/mol. The number of ether oxygens (including phenoxy) is 2. The Kier molecular flexibility index (Phi) is 4.56. The van der Waals surface area contributed by atoms with E-state index in [1.807, 2.05) is 19.1 Å². The van der Waals surface area contributed by atoms with Crippen molar-refractivity contribution in [2.24, 2.45) is 0 Å². The van der Waals surface area contributed by atoms with Crippen LogP contribution >= 0.6 is 15.9 Å². The Balaban J connectivity index is 1.71. The van der Waals surface area contributed by atoms with Gasteiger partial charge in [0, 0.05) is 11.0 Å². The van der Waals surface area contributed by atoms with Gasteiger partial charge < -0.3 is 25.2 Å². The van der Waals surface area contributed by atoms with Crippen molar-refractivity contribution in [1.82, 2.24) is 10.6 Å². The zero-order valence-corrected chi connectivity index (χ0v) is 13.9. The van der Waals surface area contributed by atoms with Crippen LogP contribution in [-0.4, -0.2) is 42.9 Å². The summed E-state index contributed by atoms with van der Waals surface area (Å²) in [5.41, 5.74) is 0.927. The zero-order valence-electron chi connectivity index (χ0n) is 12.3. The van der Waals surface area contributed by atoms with Crippen molar-refractivity contribution < 1.29 is 19.4 Å². The number of aliphatic hydroxyl groups is 1. The summed E-state index contributed by atoms with van der Waals surface area (Å²) in [7, 11) is 0. The van der Waals surface area contributed by atoms with Crippen LogP contribution < -0.4 is 20.1 Å². The second kappa shape index (κ2) is 6.44. The number of hydrogen-bond donors (Lipinski definition) is 3. The number of amides is 1. The average Bonchev–Trinajstić information content (AvgIpc) is 2.93. The Morgan fingerprint density at radius 2 is 2.09 bits per heavy atom. The monoisotopic (exact) mass is 370 g/mol. The number of nitrogens with one attached hydrogen (secondary N) is 2. The van der Waals surface area contributed by atoms with Gasteiger partial charge in [-0.05, 0) is 31.0 Å². The third-order valence-corrected chi connectivity index (χ3v) is 4.60. The summed E-state index contributed by atoms with van der Waals surface area (Å²) in [6.45, 7) is 3.44. The summed E-state index contributed by atoms with van der Waals surface area (Å²) in [6.07, 6.45) is -0.00647. The number of aliphatic hydroxyl groups excluding tert-OH is 1. The van der Waals surface area contributed by atoms with Gasteiger partial charge >= 0.3 is 0 Å². The van der Waals surface area contributed by atoms with Crippen molar-refractivity contribution in [2.75, 3.05) is 19.8 Å². The maximum atomic E-state index is 12.2. The van der Waals surface area contributed by atoms with Crippen LogP contribution in [0, 0.1) is 0 Å². The molecule has 0 aromatic heterocycles. The van der Waals surface area contributed by atoms with Gasteiger partial charge in [-0.15, -0.1) is 0 Å². The van der Waals surface area contributed by atoms with E-state index in [4.69, 9.17) is 9.47 Å².